The second-order valence-electron chi connectivity index (χ2n) is 5.16. The molecule has 110 valence electrons. The second kappa shape index (κ2) is 7.05. The Balaban J connectivity index is 2.62. The molecular formula is C15H22N2O3. The van der Waals surface area contributed by atoms with Crippen LogP contribution in [-0.2, 0) is 16.0 Å². The lowest BCUT2D eigenvalue weighted by Gasteiger charge is -2.24. The summed E-state index contributed by atoms with van der Waals surface area (Å²) in [6, 6.07) is 8.65. The van der Waals surface area contributed by atoms with Crippen LogP contribution in [-0.4, -0.2) is 28.6 Å². The number of hydrogen-bond donors (Lipinski definition) is 3. The van der Waals surface area contributed by atoms with Crippen molar-refractivity contribution in [3.8, 4) is 0 Å². The molecule has 0 fully saturated rings. The van der Waals surface area contributed by atoms with Crippen molar-refractivity contribution in [2.45, 2.75) is 44.7 Å². The molecule has 0 saturated heterocycles. The first-order valence-electron chi connectivity index (χ1n) is 6.73. The average molecular weight is 278 g/mol. The second-order valence-corrected chi connectivity index (χ2v) is 5.16. The molecule has 20 heavy (non-hydrogen) atoms. The van der Waals surface area contributed by atoms with Crippen molar-refractivity contribution in [2.24, 2.45) is 5.73 Å². The molecule has 0 heterocycles. The van der Waals surface area contributed by atoms with Crippen LogP contribution in [0.3, 0.4) is 0 Å². The number of amides is 1. The van der Waals surface area contributed by atoms with E-state index < -0.39 is 23.5 Å². The lowest BCUT2D eigenvalue weighted by Crippen LogP contribution is -2.55. The summed E-state index contributed by atoms with van der Waals surface area (Å²) in [5.41, 5.74) is 5.81. The Morgan fingerprint density at radius 1 is 1.35 bits per heavy atom. The van der Waals surface area contributed by atoms with Crippen LogP contribution in [0.2, 0.25) is 0 Å². The molecule has 1 amide bonds. The molecular weight excluding hydrogens is 256 g/mol. The largest absolute Gasteiger partial charge is 0.480 e. The van der Waals surface area contributed by atoms with Gasteiger partial charge in [-0.25, -0.2) is 4.79 Å². The first kappa shape index (κ1) is 16.2. The minimum absolute atomic E-state index is 0.338. The molecule has 0 radical (unpaired) electrons. The van der Waals surface area contributed by atoms with Gasteiger partial charge in [-0.1, -0.05) is 37.3 Å². The maximum atomic E-state index is 11.9. The molecule has 1 aromatic carbocycles. The summed E-state index contributed by atoms with van der Waals surface area (Å²) in [7, 11) is 0. The van der Waals surface area contributed by atoms with E-state index in [1.165, 1.54) is 0 Å². The minimum atomic E-state index is -1.04. The van der Waals surface area contributed by atoms with E-state index in [0.717, 1.165) is 5.56 Å². The third-order valence-corrected chi connectivity index (χ3v) is 3.42. The zero-order valence-corrected chi connectivity index (χ0v) is 11.9. The van der Waals surface area contributed by atoms with Crippen molar-refractivity contribution in [3.63, 3.8) is 0 Å². The molecule has 1 aromatic rings. The van der Waals surface area contributed by atoms with E-state index >= 15 is 0 Å². The smallest absolute Gasteiger partial charge is 0.326 e. The van der Waals surface area contributed by atoms with E-state index in [4.69, 9.17) is 5.73 Å². The van der Waals surface area contributed by atoms with Gasteiger partial charge in [0.1, 0.15) is 6.04 Å². The van der Waals surface area contributed by atoms with Gasteiger partial charge < -0.3 is 16.2 Å². The quantitative estimate of drug-likeness (QED) is 0.701. The number of hydrogen-bond acceptors (Lipinski definition) is 3. The van der Waals surface area contributed by atoms with Gasteiger partial charge in [-0.3, -0.25) is 4.79 Å². The van der Waals surface area contributed by atoms with Crippen LogP contribution < -0.4 is 11.1 Å². The number of carboxylic acid groups (broad SMARTS) is 1. The van der Waals surface area contributed by atoms with Crippen molar-refractivity contribution < 1.29 is 14.7 Å². The summed E-state index contributed by atoms with van der Waals surface area (Å²) < 4.78 is 0. The van der Waals surface area contributed by atoms with E-state index in [2.05, 4.69) is 5.32 Å². The highest BCUT2D eigenvalue weighted by atomic mass is 16.4. The summed E-state index contributed by atoms with van der Waals surface area (Å²) >= 11 is 0. The van der Waals surface area contributed by atoms with Gasteiger partial charge >= 0.3 is 5.97 Å². The zero-order chi connectivity index (χ0) is 15.2. The topological polar surface area (TPSA) is 92.4 Å². The van der Waals surface area contributed by atoms with Crippen molar-refractivity contribution in [1.29, 1.82) is 0 Å². The Bertz CT molecular complexity index is 457. The van der Waals surface area contributed by atoms with Gasteiger partial charge in [0.15, 0.2) is 0 Å². The summed E-state index contributed by atoms with van der Waals surface area (Å²) in [6.45, 7) is 3.39. The summed E-state index contributed by atoms with van der Waals surface area (Å²) in [5.74, 6) is -1.47. The Labute approximate surface area is 119 Å². The van der Waals surface area contributed by atoms with E-state index in [1.807, 2.05) is 30.3 Å². The maximum absolute atomic E-state index is 11.9. The van der Waals surface area contributed by atoms with Crippen LogP contribution in [0.15, 0.2) is 30.3 Å². The number of aryl methyl sites for hydroxylation is 1. The van der Waals surface area contributed by atoms with Gasteiger partial charge in [-0.05, 0) is 31.7 Å². The molecule has 0 saturated carbocycles. The predicted molar refractivity (Wildman–Crippen MR) is 77.2 cm³/mol. The van der Waals surface area contributed by atoms with Crippen molar-refractivity contribution in [2.75, 3.05) is 0 Å². The number of nitrogens with one attached hydrogen (secondary N) is 1. The van der Waals surface area contributed by atoms with E-state index in [0.29, 0.717) is 19.3 Å². The molecule has 5 nitrogen and oxygen atoms in total. The van der Waals surface area contributed by atoms with Gasteiger partial charge in [0.05, 0.1) is 5.54 Å². The molecule has 0 aliphatic heterocycles. The molecule has 0 aliphatic rings. The van der Waals surface area contributed by atoms with Crippen LogP contribution in [0.25, 0.3) is 0 Å². The molecule has 4 N–H and O–H groups in total. The Hall–Kier alpha value is -1.88. The molecule has 0 aliphatic carbocycles. The normalized spacial score (nSPS) is 15.2. The number of nitrogens with two attached hydrogens (primary N) is 1. The van der Waals surface area contributed by atoms with Crippen LogP contribution >= 0.6 is 0 Å². The third kappa shape index (κ3) is 4.66. The third-order valence-electron chi connectivity index (χ3n) is 3.42. The van der Waals surface area contributed by atoms with Gasteiger partial charge in [0.2, 0.25) is 5.91 Å². The summed E-state index contributed by atoms with van der Waals surface area (Å²) in [6.07, 6.45) is 1.38. The molecule has 1 rings (SSSR count). The van der Waals surface area contributed by atoms with E-state index in [9.17, 15) is 14.7 Å². The standard InChI is InChI=1S/C15H22N2O3/c1-3-15(2,16)14(20)17-12(13(18)19)10-9-11-7-5-4-6-8-11/h4-8,12H,3,9-10,16H2,1-2H3,(H,17,20)(H,18,19). The molecule has 2 atom stereocenters. The van der Waals surface area contributed by atoms with Gasteiger partial charge in [-0.2, -0.15) is 0 Å². The van der Waals surface area contributed by atoms with Crippen LogP contribution in [0.4, 0.5) is 0 Å². The number of rotatable bonds is 7. The summed E-state index contributed by atoms with van der Waals surface area (Å²) in [5, 5.41) is 11.7. The first-order valence-corrected chi connectivity index (χ1v) is 6.73. The van der Waals surface area contributed by atoms with Gasteiger partial charge in [0, 0.05) is 0 Å². The number of carbonyl (C=O) groups excluding carboxylic acids is 1. The number of carbonyl (C=O) groups is 2. The fourth-order valence-corrected chi connectivity index (χ4v) is 1.70. The van der Waals surface area contributed by atoms with Crippen LogP contribution in [0.5, 0.6) is 0 Å². The van der Waals surface area contributed by atoms with Gasteiger partial charge in [0.25, 0.3) is 0 Å². The highest BCUT2D eigenvalue weighted by Crippen LogP contribution is 2.09. The molecule has 0 aromatic heterocycles. The molecule has 2 unspecified atom stereocenters. The average Bonchev–Trinajstić information content (AvgIpc) is 2.43. The Kier molecular flexibility index (Phi) is 5.70. The molecule has 0 spiro atoms. The van der Waals surface area contributed by atoms with Crippen molar-refractivity contribution >= 4 is 11.9 Å². The fraction of sp³-hybridized carbons (Fsp3) is 0.467. The Morgan fingerprint density at radius 3 is 2.45 bits per heavy atom. The lowest BCUT2D eigenvalue weighted by molar-refractivity contribution is -0.142. The van der Waals surface area contributed by atoms with E-state index in [1.54, 1.807) is 13.8 Å². The first-order chi connectivity index (χ1) is 9.36. The van der Waals surface area contributed by atoms with E-state index in [-0.39, 0.29) is 0 Å². The molecule has 5 heteroatoms. The van der Waals surface area contributed by atoms with Crippen molar-refractivity contribution in [3.05, 3.63) is 35.9 Å². The number of benzene rings is 1. The maximum Gasteiger partial charge on any atom is 0.326 e. The van der Waals surface area contributed by atoms with Crippen molar-refractivity contribution in [1.82, 2.24) is 5.32 Å². The monoisotopic (exact) mass is 278 g/mol. The number of aliphatic carboxylic acids is 1. The SMILES string of the molecule is CCC(C)(N)C(=O)NC(CCc1ccccc1)C(=O)O. The van der Waals surface area contributed by atoms with Crippen LogP contribution in [0, 0.1) is 0 Å². The van der Waals surface area contributed by atoms with Crippen LogP contribution in [0.1, 0.15) is 32.3 Å². The van der Waals surface area contributed by atoms with Gasteiger partial charge in [-0.15, -0.1) is 0 Å². The number of carboxylic acids is 1. The minimum Gasteiger partial charge on any atom is -0.480 e. The highest BCUT2D eigenvalue weighted by molar-refractivity contribution is 5.89. The lowest BCUT2D eigenvalue weighted by atomic mass is 9.98. The predicted octanol–water partition coefficient (Wildman–Crippen LogP) is 1.32. The Morgan fingerprint density at radius 2 is 1.95 bits per heavy atom. The molecule has 0 bridgehead atoms. The fourth-order valence-electron chi connectivity index (χ4n) is 1.70. The summed E-state index contributed by atoms with van der Waals surface area (Å²) in [4.78, 5) is 23.1. The zero-order valence-electron chi connectivity index (χ0n) is 11.9. The highest BCUT2D eigenvalue weighted by Gasteiger charge is 2.30.